The zero-order valence-electron chi connectivity index (χ0n) is 19.8. The van der Waals surface area contributed by atoms with Gasteiger partial charge in [0.25, 0.3) is 0 Å². The highest BCUT2D eigenvalue weighted by Crippen LogP contribution is 2.44. The lowest BCUT2D eigenvalue weighted by molar-refractivity contribution is -0.169. The minimum Gasteiger partial charge on any atom is -0.375 e. The molecule has 0 fully saturated rings. The SMILES string of the molecule is CC(C)CCOC(C)(C)C(C)(C)CC(CCl)OC(C)(C)C(C)(C)C(C)C. The molecule has 26 heavy (non-hydrogen) atoms. The molecule has 2 nitrogen and oxygen atoms in total. The summed E-state index contributed by atoms with van der Waals surface area (Å²) >= 11 is 6.34. The van der Waals surface area contributed by atoms with Gasteiger partial charge in [0.15, 0.2) is 0 Å². The van der Waals surface area contributed by atoms with Crippen LogP contribution in [-0.4, -0.2) is 29.8 Å². The van der Waals surface area contributed by atoms with Crippen molar-refractivity contribution in [3.05, 3.63) is 0 Å². The maximum absolute atomic E-state index is 6.60. The highest BCUT2D eigenvalue weighted by molar-refractivity contribution is 6.18. The van der Waals surface area contributed by atoms with Crippen molar-refractivity contribution in [3.63, 3.8) is 0 Å². The molecule has 0 bridgehead atoms. The van der Waals surface area contributed by atoms with Gasteiger partial charge in [-0.05, 0) is 63.2 Å². The number of alkyl halides is 1. The highest BCUT2D eigenvalue weighted by Gasteiger charge is 2.44. The molecule has 0 radical (unpaired) electrons. The quantitative estimate of drug-likeness (QED) is 0.325. The van der Waals surface area contributed by atoms with Gasteiger partial charge in [-0.25, -0.2) is 0 Å². The van der Waals surface area contributed by atoms with E-state index in [1.54, 1.807) is 0 Å². The summed E-state index contributed by atoms with van der Waals surface area (Å²) in [6.07, 6.45) is 1.97. The van der Waals surface area contributed by atoms with Crippen molar-refractivity contribution >= 4 is 11.6 Å². The molecular formula is C23H47ClO2. The Bertz CT molecular complexity index is 408. The lowest BCUT2D eigenvalue weighted by atomic mass is 9.68. The van der Waals surface area contributed by atoms with Gasteiger partial charge in [0.1, 0.15) is 0 Å². The Labute approximate surface area is 169 Å². The Morgan fingerprint density at radius 2 is 1.31 bits per heavy atom. The minimum absolute atomic E-state index is 0.00710. The fourth-order valence-electron chi connectivity index (χ4n) is 2.95. The first-order chi connectivity index (χ1) is 11.5. The second kappa shape index (κ2) is 9.61. The molecule has 0 rings (SSSR count). The Morgan fingerprint density at radius 3 is 1.69 bits per heavy atom. The molecule has 0 aliphatic carbocycles. The molecule has 158 valence electrons. The molecule has 0 saturated heterocycles. The van der Waals surface area contributed by atoms with Crippen LogP contribution in [0, 0.1) is 22.7 Å². The summed E-state index contributed by atoms with van der Waals surface area (Å²) in [5.74, 6) is 1.69. The van der Waals surface area contributed by atoms with Crippen molar-refractivity contribution in [2.24, 2.45) is 22.7 Å². The second-order valence-corrected chi connectivity index (χ2v) is 11.2. The van der Waals surface area contributed by atoms with Crippen LogP contribution in [-0.2, 0) is 9.47 Å². The van der Waals surface area contributed by atoms with Crippen LogP contribution in [0.25, 0.3) is 0 Å². The lowest BCUT2D eigenvalue weighted by Crippen LogP contribution is -2.50. The molecule has 1 atom stereocenters. The van der Waals surface area contributed by atoms with Gasteiger partial charge in [-0.2, -0.15) is 0 Å². The van der Waals surface area contributed by atoms with E-state index in [0.29, 0.717) is 17.7 Å². The zero-order valence-corrected chi connectivity index (χ0v) is 20.5. The van der Waals surface area contributed by atoms with Crippen molar-refractivity contribution in [2.45, 2.75) is 113 Å². The summed E-state index contributed by atoms with van der Waals surface area (Å²) in [5, 5.41) is 0. The number of halogens is 1. The highest BCUT2D eigenvalue weighted by atomic mass is 35.5. The van der Waals surface area contributed by atoms with Crippen molar-refractivity contribution in [1.29, 1.82) is 0 Å². The number of hydrogen-bond donors (Lipinski definition) is 0. The third kappa shape index (κ3) is 6.99. The van der Waals surface area contributed by atoms with E-state index in [1.807, 2.05) is 0 Å². The van der Waals surface area contributed by atoms with Gasteiger partial charge in [0.05, 0.1) is 17.3 Å². The third-order valence-electron chi connectivity index (χ3n) is 7.15. The van der Waals surface area contributed by atoms with Crippen molar-refractivity contribution < 1.29 is 9.47 Å². The topological polar surface area (TPSA) is 18.5 Å². The van der Waals surface area contributed by atoms with Crippen LogP contribution in [0.3, 0.4) is 0 Å². The largest absolute Gasteiger partial charge is 0.375 e. The van der Waals surface area contributed by atoms with Gasteiger partial charge in [0, 0.05) is 12.5 Å². The second-order valence-electron chi connectivity index (χ2n) is 10.9. The molecule has 0 aromatic rings. The van der Waals surface area contributed by atoms with E-state index in [1.165, 1.54) is 0 Å². The van der Waals surface area contributed by atoms with Crippen LogP contribution in [0.2, 0.25) is 0 Å². The van der Waals surface area contributed by atoms with Crippen LogP contribution in [0.15, 0.2) is 0 Å². The molecule has 0 aromatic heterocycles. The number of ether oxygens (including phenoxy) is 2. The Balaban J connectivity index is 5.12. The Hall–Kier alpha value is 0.210. The monoisotopic (exact) mass is 390 g/mol. The normalized spacial score (nSPS) is 15.8. The summed E-state index contributed by atoms with van der Waals surface area (Å²) in [7, 11) is 0. The molecular weight excluding hydrogens is 344 g/mol. The first-order valence-corrected chi connectivity index (χ1v) is 10.9. The summed E-state index contributed by atoms with van der Waals surface area (Å²) in [6, 6.07) is 0. The van der Waals surface area contributed by atoms with E-state index < -0.39 is 0 Å². The van der Waals surface area contributed by atoms with Gasteiger partial charge in [-0.1, -0.05) is 55.4 Å². The third-order valence-corrected chi connectivity index (χ3v) is 7.50. The lowest BCUT2D eigenvalue weighted by Gasteiger charge is -2.48. The van der Waals surface area contributed by atoms with Crippen LogP contribution in [0.5, 0.6) is 0 Å². The van der Waals surface area contributed by atoms with Crippen molar-refractivity contribution in [1.82, 2.24) is 0 Å². The molecule has 0 aliphatic rings. The van der Waals surface area contributed by atoms with Gasteiger partial charge in [-0.3, -0.25) is 0 Å². The molecule has 0 heterocycles. The van der Waals surface area contributed by atoms with Crippen LogP contribution in [0.4, 0.5) is 0 Å². The molecule has 0 aromatic carbocycles. The summed E-state index contributed by atoms with van der Waals surface area (Å²) in [6.45, 7) is 27.7. The summed E-state index contributed by atoms with van der Waals surface area (Å²) < 4.78 is 12.9. The van der Waals surface area contributed by atoms with Crippen LogP contribution in [0.1, 0.15) is 95.9 Å². The average Bonchev–Trinajstić information content (AvgIpc) is 2.44. The minimum atomic E-state index is -0.251. The van der Waals surface area contributed by atoms with E-state index in [-0.39, 0.29) is 28.1 Å². The summed E-state index contributed by atoms with van der Waals surface area (Å²) in [4.78, 5) is 0. The van der Waals surface area contributed by atoms with Crippen molar-refractivity contribution in [2.75, 3.05) is 12.5 Å². The molecule has 1 unspecified atom stereocenters. The first kappa shape index (κ1) is 26.2. The predicted octanol–water partition coefficient (Wildman–Crippen LogP) is 7.33. The predicted molar refractivity (Wildman–Crippen MR) is 116 cm³/mol. The van der Waals surface area contributed by atoms with E-state index in [2.05, 4.69) is 83.1 Å². The van der Waals surface area contributed by atoms with E-state index >= 15 is 0 Å². The van der Waals surface area contributed by atoms with Crippen molar-refractivity contribution in [3.8, 4) is 0 Å². The molecule has 0 aliphatic heterocycles. The van der Waals surface area contributed by atoms with Gasteiger partial charge in [0.2, 0.25) is 0 Å². The first-order valence-electron chi connectivity index (χ1n) is 10.4. The molecule has 0 N–H and O–H groups in total. The fourth-order valence-corrected chi connectivity index (χ4v) is 3.12. The standard InChI is InChI=1S/C23H47ClO2/c1-17(2)13-14-25-22(9,10)20(5,6)15-19(16-24)26-23(11,12)21(7,8)18(3)4/h17-19H,13-16H2,1-12H3. The zero-order chi connectivity index (χ0) is 21.0. The summed E-state index contributed by atoms with van der Waals surface area (Å²) in [5.41, 5.74) is -0.459. The van der Waals surface area contributed by atoms with Gasteiger partial charge < -0.3 is 9.47 Å². The Morgan fingerprint density at radius 1 is 0.808 bits per heavy atom. The average molecular weight is 391 g/mol. The van der Waals surface area contributed by atoms with E-state index in [0.717, 1.165) is 19.4 Å². The van der Waals surface area contributed by atoms with E-state index in [4.69, 9.17) is 21.1 Å². The Kier molecular flexibility index (Phi) is 9.69. The molecule has 3 heteroatoms. The molecule has 0 spiro atoms. The molecule has 0 amide bonds. The molecule has 0 saturated carbocycles. The number of rotatable bonds is 12. The van der Waals surface area contributed by atoms with Gasteiger partial charge >= 0.3 is 0 Å². The maximum Gasteiger partial charge on any atom is 0.0724 e. The smallest absolute Gasteiger partial charge is 0.0724 e. The van der Waals surface area contributed by atoms with E-state index in [9.17, 15) is 0 Å². The fraction of sp³-hybridized carbons (Fsp3) is 1.00. The number of hydrogen-bond acceptors (Lipinski definition) is 2. The van der Waals surface area contributed by atoms with Crippen LogP contribution < -0.4 is 0 Å². The van der Waals surface area contributed by atoms with Gasteiger partial charge in [-0.15, -0.1) is 11.6 Å². The van der Waals surface area contributed by atoms with Crippen LogP contribution >= 0.6 is 11.6 Å². The maximum atomic E-state index is 6.60.